The second-order valence-electron chi connectivity index (χ2n) is 7.21. The molecule has 0 aliphatic carbocycles. The van der Waals surface area contributed by atoms with Crippen molar-refractivity contribution in [2.45, 2.75) is 11.4 Å². The van der Waals surface area contributed by atoms with Crippen molar-refractivity contribution in [3.05, 3.63) is 83.2 Å². The molecule has 0 unspecified atom stereocenters. The molecule has 4 aromatic rings. The van der Waals surface area contributed by atoms with E-state index in [1.54, 1.807) is 42.5 Å². The predicted octanol–water partition coefficient (Wildman–Crippen LogP) is 3.42. The summed E-state index contributed by atoms with van der Waals surface area (Å²) >= 11 is 1.10. The number of anilines is 2. The number of nitrogens with two attached hydrogens (primary N) is 3. The minimum atomic E-state index is -3.88. The summed E-state index contributed by atoms with van der Waals surface area (Å²) < 4.78 is 23.8. The lowest BCUT2D eigenvalue weighted by Gasteiger charge is -2.10. The van der Waals surface area contributed by atoms with Gasteiger partial charge in [0.2, 0.25) is 10.0 Å². The Balaban J connectivity index is 1.60. The maximum Gasteiger partial charge on any atom is 0.268 e. The van der Waals surface area contributed by atoms with Crippen molar-refractivity contribution < 1.29 is 13.2 Å². The number of benzene rings is 3. The van der Waals surface area contributed by atoms with E-state index in [-0.39, 0.29) is 15.9 Å². The van der Waals surface area contributed by atoms with Crippen LogP contribution in [0, 0.1) is 0 Å². The molecular formula is C23H21N5O3S2. The lowest BCUT2D eigenvalue weighted by molar-refractivity contribution is 0.103. The highest BCUT2D eigenvalue weighted by molar-refractivity contribution is 7.89. The van der Waals surface area contributed by atoms with Crippen molar-refractivity contribution in [3.8, 4) is 22.4 Å². The van der Waals surface area contributed by atoms with Crippen molar-refractivity contribution in [2.24, 2.45) is 10.9 Å². The molecule has 0 bridgehead atoms. The molecule has 1 aromatic heterocycles. The number of rotatable bonds is 6. The Labute approximate surface area is 195 Å². The van der Waals surface area contributed by atoms with E-state index >= 15 is 0 Å². The average molecular weight is 480 g/mol. The first kappa shape index (κ1) is 22.6. The van der Waals surface area contributed by atoms with Crippen molar-refractivity contribution >= 4 is 38.1 Å². The molecule has 1 amide bonds. The molecule has 0 aliphatic heterocycles. The van der Waals surface area contributed by atoms with Gasteiger partial charge in [0, 0.05) is 23.4 Å². The van der Waals surface area contributed by atoms with Gasteiger partial charge in [0.15, 0.2) is 5.13 Å². The zero-order valence-corrected chi connectivity index (χ0v) is 19.0. The smallest absolute Gasteiger partial charge is 0.268 e. The Hall–Kier alpha value is -3.57. The molecule has 8 nitrogen and oxygen atoms in total. The third-order valence-corrected chi connectivity index (χ3v) is 6.79. The first-order chi connectivity index (χ1) is 15.8. The first-order valence-corrected chi connectivity index (χ1v) is 12.2. The predicted molar refractivity (Wildman–Crippen MR) is 131 cm³/mol. The highest BCUT2D eigenvalue weighted by Crippen LogP contribution is 2.32. The molecule has 0 atom stereocenters. The maximum absolute atomic E-state index is 13.0. The number of nitrogens with zero attached hydrogens (tertiary/aromatic N) is 1. The lowest BCUT2D eigenvalue weighted by Crippen LogP contribution is -2.13. The number of amides is 1. The molecule has 0 saturated heterocycles. The van der Waals surface area contributed by atoms with Gasteiger partial charge in [-0.2, -0.15) is 0 Å². The summed E-state index contributed by atoms with van der Waals surface area (Å²) in [6.07, 6.45) is 0. The molecule has 168 valence electrons. The zero-order valence-electron chi connectivity index (χ0n) is 17.4. The minimum absolute atomic E-state index is 0.0336. The molecule has 4 rings (SSSR count). The van der Waals surface area contributed by atoms with Gasteiger partial charge in [-0.1, -0.05) is 59.9 Å². The van der Waals surface area contributed by atoms with Crippen molar-refractivity contribution in [3.63, 3.8) is 0 Å². The Kier molecular flexibility index (Phi) is 6.25. The number of sulfonamides is 1. The van der Waals surface area contributed by atoms with Crippen LogP contribution in [0.15, 0.2) is 77.7 Å². The van der Waals surface area contributed by atoms with Crippen LogP contribution in [0.3, 0.4) is 0 Å². The van der Waals surface area contributed by atoms with E-state index in [0.717, 1.165) is 22.5 Å². The molecule has 0 spiro atoms. The minimum Gasteiger partial charge on any atom is -0.375 e. The summed E-state index contributed by atoms with van der Waals surface area (Å²) in [4.78, 5) is 17.7. The van der Waals surface area contributed by atoms with Gasteiger partial charge in [-0.3, -0.25) is 4.79 Å². The second kappa shape index (κ2) is 9.12. The fraction of sp³-hybridized carbons (Fsp3) is 0.0435. The van der Waals surface area contributed by atoms with Crippen LogP contribution in [0.1, 0.15) is 15.2 Å². The number of carbonyl (C=O) groups is 1. The van der Waals surface area contributed by atoms with Crippen LogP contribution in [-0.2, 0) is 16.6 Å². The van der Waals surface area contributed by atoms with Crippen molar-refractivity contribution in [1.82, 2.24) is 4.98 Å². The molecule has 0 saturated carbocycles. The summed E-state index contributed by atoms with van der Waals surface area (Å²) in [5, 5.41) is 8.45. The summed E-state index contributed by atoms with van der Waals surface area (Å²) in [6.45, 7) is 0.371. The van der Waals surface area contributed by atoms with E-state index in [1.165, 1.54) is 6.07 Å². The lowest BCUT2D eigenvalue weighted by atomic mass is 10.1. The van der Waals surface area contributed by atoms with Gasteiger partial charge < -0.3 is 16.8 Å². The summed E-state index contributed by atoms with van der Waals surface area (Å²) in [5.41, 5.74) is 15.5. The Bertz CT molecular complexity index is 1430. The summed E-state index contributed by atoms with van der Waals surface area (Å²) in [5.74, 6) is -0.352. The van der Waals surface area contributed by atoms with Crippen LogP contribution in [0.25, 0.3) is 22.4 Å². The average Bonchev–Trinajstić information content (AvgIpc) is 3.21. The van der Waals surface area contributed by atoms with Gasteiger partial charge >= 0.3 is 0 Å². The van der Waals surface area contributed by atoms with Gasteiger partial charge in [-0.25, -0.2) is 18.5 Å². The molecule has 7 N–H and O–H groups in total. The Morgan fingerprint density at radius 1 is 0.970 bits per heavy atom. The molecule has 0 fully saturated rings. The maximum atomic E-state index is 13.0. The topological polar surface area (TPSA) is 154 Å². The van der Waals surface area contributed by atoms with E-state index in [2.05, 4.69) is 10.3 Å². The zero-order chi connectivity index (χ0) is 23.6. The molecule has 0 aliphatic rings. The van der Waals surface area contributed by atoms with Crippen LogP contribution in [0.5, 0.6) is 0 Å². The number of hydrogen-bond donors (Lipinski definition) is 4. The third kappa shape index (κ3) is 4.94. The van der Waals surface area contributed by atoms with Crippen molar-refractivity contribution in [2.75, 3.05) is 11.1 Å². The van der Waals surface area contributed by atoms with E-state index < -0.39 is 10.0 Å². The molecule has 33 heavy (non-hydrogen) atoms. The number of aromatic nitrogens is 1. The molecule has 1 heterocycles. The van der Waals surface area contributed by atoms with Crippen LogP contribution in [0.2, 0.25) is 0 Å². The highest BCUT2D eigenvalue weighted by atomic mass is 32.2. The quantitative estimate of drug-likeness (QED) is 0.332. The van der Waals surface area contributed by atoms with E-state index in [9.17, 15) is 13.2 Å². The normalized spacial score (nSPS) is 11.3. The first-order valence-electron chi connectivity index (χ1n) is 9.85. The Morgan fingerprint density at radius 3 is 2.39 bits per heavy atom. The fourth-order valence-electron chi connectivity index (χ4n) is 3.41. The molecular weight excluding hydrogens is 458 g/mol. The van der Waals surface area contributed by atoms with E-state index in [4.69, 9.17) is 16.6 Å². The number of carbonyl (C=O) groups excluding carboxylic acids is 1. The van der Waals surface area contributed by atoms with Gasteiger partial charge in [0.1, 0.15) is 4.88 Å². The summed E-state index contributed by atoms with van der Waals surface area (Å²) in [6, 6.07) is 20.8. The van der Waals surface area contributed by atoms with E-state index in [1.807, 2.05) is 24.3 Å². The molecule has 0 radical (unpaired) electrons. The number of thiazole rings is 1. The largest absolute Gasteiger partial charge is 0.375 e. The van der Waals surface area contributed by atoms with Crippen molar-refractivity contribution in [1.29, 1.82) is 0 Å². The van der Waals surface area contributed by atoms with Gasteiger partial charge in [0.25, 0.3) is 5.91 Å². The van der Waals surface area contributed by atoms with Crippen LogP contribution in [0.4, 0.5) is 10.8 Å². The van der Waals surface area contributed by atoms with E-state index in [0.29, 0.717) is 33.9 Å². The summed E-state index contributed by atoms with van der Waals surface area (Å²) in [7, 11) is -3.88. The number of primary sulfonamides is 1. The number of nitrogens with one attached hydrogen (secondary N) is 1. The van der Waals surface area contributed by atoms with Gasteiger partial charge in [0.05, 0.1) is 10.6 Å². The highest BCUT2D eigenvalue weighted by Gasteiger charge is 2.20. The van der Waals surface area contributed by atoms with Gasteiger partial charge in [-0.05, 0) is 35.4 Å². The van der Waals surface area contributed by atoms with Crippen LogP contribution >= 0.6 is 11.3 Å². The fourth-order valence-corrected chi connectivity index (χ4v) is 4.92. The number of hydrogen-bond acceptors (Lipinski definition) is 7. The monoisotopic (exact) mass is 479 g/mol. The third-order valence-electron chi connectivity index (χ3n) is 4.93. The second-order valence-corrected chi connectivity index (χ2v) is 9.77. The molecule has 10 heteroatoms. The Morgan fingerprint density at radius 2 is 1.70 bits per heavy atom. The number of nitrogen functional groups attached to an aromatic ring is 1. The standard InChI is InChI=1S/C23H21N5O3S2/c24-13-14-4-3-5-16(12-14)20-21(32-23(25)28-20)22(29)27-17-10-8-15(9-11-17)18-6-1-2-7-19(18)33(26,30)31/h1-12H,13,24H2,(H2,25,28)(H,27,29)(H2,26,30,31). The SMILES string of the molecule is NCc1cccc(-c2nc(N)sc2C(=O)Nc2ccc(-c3ccccc3S(N)(=O)=O)cc2)c1. The van der Waals surface area contributed by atoms with Gasteiger partial charge in [-0.15, -0.1) is 0 Å². The van der Waals surface area contributed by atoms with Crippen LogP contribution < -0.4 is 21.9 Å². The molecule has 3 aromatic carbocycles. The van der Waals surface area contributed by atoms with Crippen LogP contribution in [-0.4, -0.2) is 19.3 Å².